The highest BCUT2D eigenvalue weighted by atomic mass is 32.2. The predicted octanol–water partition coefficient (Wildman–Crippen LogP) is 1.33. The molecule has 0 aliphatic rings. The molecule has 0 aliphatic carbocycles. The number of sulfonamides is 1. The SMILES string of the molecule is CC(=O)NCCCCNS(=O)(=O)Cc1ccccc1C. The number of carbonyl (C=O) groups excluding carboxylic acids is 1. The second kappa shape index (κ2) is 8.01. The van der Waals surface area contributed by atoms with Crippen LogP contribution in [0.15, 0.2) is 24.3 Å². The number of carbonyl (C=O) groups is 1. The van der Waals surface area contributed by atoms with Gasteiger partial charge in [0.1, 0.15) is 0 Å². The number of hydrogen-bond acceptors (Lipinski definition) is 3. The standard InChI is InChI=1S/C14H22N2O3S/c1-12-7-3-4-8-14(12)11-20(18,19)16-10-6-5-9-15-13(2)17/h3-4,7-8,16H,5-6,9-11H2,1-2H3,(H,15,17). The van der Waals surface area contributed by atoms with Crippen molar-refractivity contribution in [2.24, 2.45) is 0 Å². The molecule has 0 spiro atoms. The highest BCUT2D eigenvalue weighted by molar-refractivity contribution is 7.88. The molecule has 1 aromatic rings. The minimum absolute atomic E-state index is 0.00533. The van der Waals surface area contributed by atoms with Crippen molar-refractivity contribution in [3.05, 3.63) is 35.4 Å². The van der Waals surface area contributed by atoms with Crippen LogP contribution in [0.2, 0.25) is 0 Å². The molecule has 0 atom stereocenters. The third-order valence-electron chi connectivity index (χ3n) is 2.91. The lowest BCUT2D eigenvalue weighted by Gasteiger charge is -2.09. The van der Waals surface area contributed by atoms with Gasteiger partial charge in [-0.15, -0.1) is 0 Å². The number of unbranched alkanes of at least 4 members (excludes halogenated alkanes) is 1. The van der Waals surface area contributed by atoms with E-state index in [1.807, 2.05) is 31.2 Å². The van der Waals surface area contributed by atoms with Gasteiger partial charge in [0.05, 0.1) is 5.75 Å². The van der Waals surface area contributed by atoms with Gasteiger partial charge in [-0.2, -0.15) is 0 Å². The Morgan fingerprint density at radius 1 is 1.15 bits per heavy atom. The first kappa shape index (κ1) is 16.7. The zero-order chi connectivity index (χ0) is 15.0. The summed E-state index contributed by atoms with van der Waals surface area (Å²) in [6.45, 7) is 4.34. The van der Waals surface area contributed by atoms with Crippen molar-refractivity contribution in [2.45, 2.75) is 32.4 Å². The first-order valence-electron chi connectivity index (χ1n) is 6.67. The van der Waals surface area contributed by atoms with E-state index >= 15 is 0 Å². The first-order chi connectivity index (χ1) is 9.41. The second-order valence-electron chi connectivity index (χ2n) is 4.77. The zero-order valence-corrected chi connectivity index (χ0v) is 12.8. The number of benzene rings is 1. The maximum absolute atomic E-state index is 11.9. The highest BCUT2D eigenvalue weighted by Crippen LogP contribution is 2.10. The molecular weight excluding hydrogens is 276 g/mol. The van der Waals surface area contributed by atoms with Crippen LogP contribution in [0.5, 0.6) is 0 Å². The molecule has 2 N–H and O–H groups in total. The van der Waals surface area contributed by atoms with Crippen molar-refractivity contribution >= 4 is 15.9 Å². The lowest BCUT2D eigenvalue weighted by atomic mass is 10.1. The molecule has 6 heteroatoms. The van der Waals surface area contributed by atoms with Crippen molar-refractivity contribution in [3.8, 4) is 0 Å². The number of rotatable bonds is 8. The third kappa shape index (κ3) is 6.68. The molecular formula is C14H22N2O3S. The largest absolute Gasteiger partial charge is 0.356 e. The van der Waals surface area contributed by atoms with Crippen LogP contribution in [0.25, 0.3) is 0 Å². The van der Waals surface area contributed by atoms with E-state index in [0.717, 1.165) is 17.5 Å². The minimum atomic E-state index is -3.30. The molecule has 1 rings (SSSR count). The summed E-state index contributed by atoms with van der Waals surface area (Å²) in [6.07, 6.45) is 1.46. The molecule has 1 aromatic carbocycles. The summed E-state index contributed by atoms with van der Waals surface area (Å²) in [5, 5.41) is 2.67. The predicted molar refractivity (Wildman–Crippen MR) is 79.7 cm³/mol. The van der Waals surface area contributed by atoms with E-state index < -0.39 is 10.0 Å². The van der Waals surface area contributed by atoms with Gasteiger partial charge in [-0.1, -0.05) is 24.3 Å². The van der Waals surface area contributed by atoms with Crippen LogP contribution in [0.1, 0.15) is 30.9 Å². The maximum Gasteiger partial charge on any atom is 0.216 e. The molecule has 5 nitrogen and oxygen atoms in total. The van der Waals surface area contributed by atoms with Crippen molar-refractivity contribution in [2.75, 3.05) is 13.1 Å². The van der Waals surface area contributed by atoms with Crippen LogP contribution in [0.4, 0.5) is 0 Å². The van der Waals surface area contributed by atoms with Crippen molar-refractivity contribution in [1.82, 2.24) is 10.0 Å². The van der Waals surface area contributed by atoms with Crippen LogP contribution in [0, 0.1) is 6.92 Å². The smallest absolute Gasteiger partial charge is 0.216 e. The molecule has 0 fully saturated rings. The highest BCUT2D eigenvalue weighted by Gasteiger charge is 2.11. The van der Waals surface area contributed by atoms with E-state index in [2.05, 4.69) is 10.0 Å². The molecule has 0 bridgehead atoms. The normalized spacial score (nSPS) is 11.3. The van der Waals surface area contributed by atoms with Gasteiger partial charge in [-0.25, -0.2) is 13.1 Å². The fraction of sp³-hybridized carbons (Fsp3) is 0.500. The zero-order valence-electron chi connectivity index (χ0n) is 12.0. The Balaban J connectivity index is 2.32. The maximum atomic E-state index is 11.9. The van der Waals surface area contributed by atoms with Crippen molar-refractivity contribution < 1.29 is 13.2 Å². The van der Waals surface area contributed by atoms with E-state index in [4.69, 9.17) is 0 Å². The summed E-state index contributed by atoms with van der Waals surface area (Å²) >= 11 is 0. The number of amides is 1. The Morgan fingerprint density at radius 3 is 2.45 bits per heavy atom. The average molecular weight is 298 g/mol. The van der Waals surface area contributed by atoms with Gasteiger partial charge >= 0.3 is 0 Å². The monoisotopic (exact) mass is 298 g/mol. The summed E-state index contributed by atoms with van der Waals surface area (Å²) in [6, 6.07) is 7.45. The molecule has 0 radical (unpaired) electrons. The summed E-state index contributed by atoms with van der Waals surface area (Å²) in [5.41, 5.74) is 1.79. The van der Waals surface area contributed by atoms with Gasteiger partial charge in [0.25, 0.3) is 0 Å². The molecule has 0 saturated carbocycles. The Morgan fingerprint density at radius 2 is 1.80 bits per heavy atom. The van der Waals surface area contributed by atoms with Crippen LogP contribution in [-0.4, -0.2) is 27.4 Å². The summed E-state index contributed by atoms with van der Waals surface area (Å²) in [4.78, 5) is 10.6. The quantitative estimate of drug-likeness (QED) is 0.711. The number of aryl methyl sites for hydroxylation is 1. The van der Waals surface area contributed by atoms with Gasteiger partial charge < -0.3 is 5.32 Å². The fourth-order valence-electron chi connectivity index (χ4n) is 1.77. The number of nitrogens with one attached hydrogen (secondary N) is 2. The van der Waals surface area contributed by atoms with E-state index in [1.54, 1.807) is 0 Å². The van der Waals surface area contributed by atoms with E-state index in [-0.39, 0.29) is 11.7 Å². The molecule has 0 aromatic heterocycles. The van der Waals surface area contributed by atoms with Gasteiger partial charge in [0, 0.05) is 20.0 Å². The Bertz CT molecular complexity index is 541. The molecule has 1 amide bonds. The minimum Gasteiger partial charge on any atom is -0.356 e. The van der Waals surface area contributed by atoms with Crippen molar-refractivity contribution in [3.63, 3.8) is 0 Å². The van der Waals surface area contributed by atoms with Crippen molar-refractivity contribution in [1.29, 1.82) is 0 Å². The fourth-order valence-corrected chi connectivity index (χ4v) is 3.06. The summed E-state index contributed by atoms with van der Waals surface area (Å²) in [7, 11) is -3.30. The van der Waals surface area contributed by atoms with E-state index in [9.17, 15) is 13.2 Å². The van der Waals surface area contributed by atoms with E-state index in [0.29, 0.717) is 19.5 Å². The van der Waals surface area contributed by atoms with Crippen LogP contribution in [-0.2, 0) is 20.6 Å². The van der Waals surface area contributed by atoms with Gasteiger partial charge in [-0.05, 0) is 30.9 Å². The van der Waals surface area contributed by atoms with Crippen LogP contribution in [0.3, 0.4) is 0 Å². The molecule has 112 valence electrons. The summed E-state index contributed by atoms with van der Waals surface area (Å²) < 4.78 is 26.4. The van der Waals surface area contributed by atoms with Crippen LogP contribution < -0.4 is 10.0 Å². The molecule has 0 unspecified atom stereocenters. The summed E-state index contributed by atoms with van der Waals surface area (Å²) in [5.74, 6) is -0.0594. The molecule has 0 saturated heterocycles. The molecule has 0 heterocycles. The molecule has 20 heavy (non-hydrogen) atoms. The topological polar surface area (TPSA) is 75.3 Å². The molecule has 0 aliphatic heterocycles. The van der Waals surface area contributed by atoms with Gasteiger partial charge in [-0.3, -0.25) is 4.79 Å². The second-order valence-corrected chi connectivity index (χ2v) is 6.58. The Kier molecular flexibility index (Phi) is 6.67. The van der Waals surface area contributed by atoms with Crippen LogP contribution >= 0.6 is 0 Å². The number of hydrogen-bond donors (Lipinski definition) is 2. The van der Waals surface area contributed by atoms with Gasteiger partial charge in [0.2, 0.25) is 15.9 Å². The lowest BCUT2D eigenvalue weighted by molar-refractivity contribution is -0.118. The Labute approximate surface area is 120 Å². The van der Waals surface area contributed by atoms with E-state index in [1.165, 1.54) is 6.92 Å². The average Bonchev–Trinajstić information content (AvgIpc) is 2.36. The third-order valence-corrected chi connectivity index (χ3v) is 4.24. The first-order valence-corrected chi connectivity index (χ1v) is 8.32. The lowest BCUT2D eigenvalue weighted by Crippen LogP contribution is -2.27. The Hall–Kier alpha value is -1.40. The van der Waals surface area contributed by atoms with Gasteiger partial charge in [0.15, 0.2) is 0 Å².